The summed E-state index contributed by atoms with van der Waals surface area (Å²) in [6.45, 7) is 4.17. The molecule has 0 amide bonds. The molecule has 6 aromatic heterocycles. The lowest BCUT2D eigenvalue weighted by Crippen LogP contribution is -3.00. The van der Waals surface area contributed by atoms with Crippen LogP contribution in [-0.2, 0) is 25.0 Å². The molecule has 0 aliphatic rings. The molecular weight excluding hydrogens is 1470 g/mol. The third-order valence-corrected chi connectivity index (χ3v) is 16.6. The maximum absolute atomic E-state index is 8.79. The Hall–Kier alpha value is -4.38. The van der Waals surface area contributed by atoms with Crippen molar-refractivity contribution in [3.05, 3.63) is 219 Å². The minimum absolute atomic E-state index is 0. The third kappa shape index (κ3) is 44.3. The van der Waals surface area contributed by atoms with E-state index in [1.165, 1.54) is 199 Å². The number of benzene rings is 2. The van der Waals surface area contributed by atoms with E-state index in [0.29, 0.717) is 19.8 Å². The molecule has 0 saturated heterocycles. The van der Waals surface area contributed by atoms with Crippen molar-refractivity contribution in [3.63, 3.8) is 0 Å². The van der Waals surface area contributed by atoms with Gasteiger partial charge in [0, 0.05) is 122 Å². The van der Waals surface area contributed by atoms with Crippen LogP contribution >= 0.6 is 31.9 Å². The van der Waals surface area contributed by atoms with Crippen LogP contribution in [0.2, 0.25) is 0 Å². The normalized spacial score (nSPS) is 10.1. The number of pyridine rings is 6. The maximum atomic E-state index is 8.79. The number of aryl methyl sites for hydroxylation is 2. The second-order valence-electron chi connectivity index (χ2n) is 22.6. The maximum Gasteiger partial charge on any atom is 0.173 e. The SMILES string of the molecule is BrCc1ccccc1.C.OCCCCCCCCCCCBr.OCCCCCCCCCCC[n+]1ccc(-c2cc[n+](Cc3ccccc3)cc2)cc1.OCCCCCCCCCCC[n+]1ccc(-c2ccncc2)cc1.[Br-].[Br-].[Br-].c1cc(-c2ccncc2)ccn1. The van der Waals surface area contributed by atoms with Crippen LogP contribution < -0.4 is 64.6 Å². The topological polar surface area (TPSA) is 111 Å². The summed E-state index contributed by atoms with van der Waals surface area (Å²) in [6.07, 6.45) is 58.4. The number of alkyl halides is 2. The van der Waals surface area contributed by atoms with Crippen LogP contribution in [0, 0.1) is 0 Å². The van der Waals surface area contributed by atoms with Crippen LogP contribution in [0.4, 0.5) is 0 Å². The molecule has 0 atom stereocenters. The highest BCUT2D eigenvalue weighted by atomic mass is 79.9. The first kappa shape index (κ1) is 87.6. The van der Waals surface area contributed by atoms with Gasteiger partial charge >= 0.3 is 0 Å². The first-order valence-electron chi connectivity index (χ1n) is 33.3. The van der Waals surface area contributed by atoms with Crippen molar-refractivity contribution >= 4 is 31.9 Å². The summed E-state index contributed by atoms with van der Waals surface area (Å²) in [5.41, 5.74) is 9.98. The van der Waals surface area contributed by atoms with Gasteiger partial charge in [0.25, 0.3) is 0 Å². The smallest absolute Gasteiger partial charge is 0.173 e. The monoisotopic (exact) mass is 1570 g/mol. The van der Waals surface area contributed by atoms with Gasteiger partial charge in [-0.25, -0.2) is 13.7 Å². The molecule has 0 bridgehead atoms. The average Bonchev–Trinajstić information content (AvgIpc) is 1.21. The van der Waals surface area contributed by atoms with Gasteiger partial charge in [-0.1, -0.05) is 222 Å². The molecule has 0 aliphatic carbocycles. The van der Waals surface area contributed by atoms with E-state index >= 15 is 0 Å². The quantitative estimate of drug-likeness (QED) is 0.0202. The molecule has 0 unspecified atom stereocenters. The zero-order valence-corrected chi connectivity index (χ0v) is 62.2. The second-order valence-corrected chi connectivity index (χ2v) is 24.0. The Balaban J connectivity index is 0.00000120. The summed E-state index contributed by atoms with van der Waals surface area (Å²) in [6, 6.07) is 46.1. The molecule has 3 N–H and O–H groups in total. The lowest BCUT2D eigenvalue weighted by Gasteiger charge is -2.03. The molecule has 0 fully saturated rings. The van der Waals surface area contributed by atoms with E-state index in [4.69, 9.17) is 15.3 Å². The molecule has 9 nitrogen and oxygen atoms in total. The second kappa shape index (κ2) is 62.7. The van der Waals surface area contributed by atoms with E-state index in [-0.39, 0.29) is 58.4 Å². The Morgan fingerprint density at radius 2 is 0.511 bits per heavy atom. The van der Waals surface area contributed by atoms with Crippen LogP contribution in [0.1, 0.15) is 192 Å². The van der Waals surface area contributed by atoms with Crippen LogP contribution in [-0.4, -0.2) is 55.4 Å². The first-order chi connectivity index (χ1) is 43.6. The first-order valence-corrected chi connectivity index (χ1v) is 35.5. The number of aliphatic hydroxyl groups is 3. The lowest BCUT2D eigenvalue weighted by molar-refractivity contribution is -0.697. The number of aliphatic hydroxyl groups excluding tert-OH is 3. The fourth-order valence-electron chi connectivity index (χ4n) is 10.1. The summed E-state index contributed by atoms with van der Waals surface area (Å²) in [5.74, 6) is 0. The molecule has 0 saturated carbocycles. The van der Waals surface area contributed by atoms with Gasteiger partial charge in [0.2, 0.25) is 0 Å². The fraction of sp³-hybridized carbons (Fsp3) is 0.462. The molecule has 0 aliphatic heterocycles. The molecule has 0 radical (unpaired) electrons. The van der Waals surface area contributed by atoms with Crippen molar-refractivity contribution in [2.45, 2.75) is 206 Å². The number of unbranched alkanes of at least 4 members (excludes halogenated alkanes) is 24. The van der Waals surface area contributed by atoms with E-state index in [0.717, 1.165) is 49.6 Å². The third-order valence-electron chi connectivity index (χ3n) is 15.4. The molecule has 6 heterocycles. The van der Waals surface area contributed by atoms with Crippen LogP contribution in [0.15, 0.2) is 208 Å². The molecule has 14 heteroatoms. The predicted molar refractivity (Wildman–Crippen MR) is 381 cm³/mol. The van der Waals surface area contributed by atoms with Crippen LogP contribution in [0.3, 0.4) is 0 Å². The number of halogens is 5. The average molecular weight is 1580 g/mol. The Morgan fingerprint density at radius 3 is 0.772 bits per heavy atom. The zero-order valence-electron chi connectivity index (χ0n) is 54.3. The largest absolute Gasteiger partial charge is 1.00 e. The van der Waals surface area contributed by atoms with Crippen molar-refractivity contribution in [1.82, 2.24) is 15.0 Å². The van der Waals surface area contributed by atoms with Gasteiger partial charge in [-0.15, -0.1) is 0 Å². The van der Waals surface area contributed by atoms with Gasteiger partial charge in [0.05, 0.1) is 0 Å². The number of nitrogens with zero attached hydrogens (tertiary/aromatic N) is 6. The Kier molecular flexibility index (Phi) is 59.7. The molecule has 0 spiro atoms. The number of rotatable bonds is 38. The van der Waals surface area contributed by atoms with Crippen LogP contribution in [0.25, 0.3) is 33.4 Å². The summed E-state index contributed by atoms with van der Waals surface area (Å²) in [5, 5.41) is 28.2. The lowest BCUT2D eigenvalue weighted by atomic mass is 10.1. The highest BCUT2D eigenvalue weighted by Crippen LogP contribution is 2.19. The number of hydrogen-bond donors (Lipinski definition) is 3. The summed E-state index contributed by atoms with van der Waals surface area (Å²) in [4.78, 5) is 12.0. The summed E-state index contributed by atoms with van der Waals surface area (Å²) >= 11 is 6.79. The zero-order chi connectivity index (χ0) is 62.3. The van der Waals surface area contributed by atoms with Crippen molar-refractivity contribution in [2.24, 2.45) is 0 Å². The van der Waals surface area contributed by atoms with E-state index in [1.54, 1.807) is 24.8 Å². The van der Waals surface area contributed by atoms with Gasteiger partial charge in [-0.2, -0.15) is 0 Å². The molecule has 8 aromatic rings. The van der Waals surface area contributed by atoms with E-state index in [9.17, 15) is 0 Å². The number of aromatic nitrogens is 6. The van der Waals surface area contributed by atoms with Crippen molar-refractivity contribution in [3.8, 4) is 33.4 Å². The van der Waals surface area contributed by atoms with Crippen LogP contribution in [0.5, 0.6) is 0 Å². The van der Waals surface area contributed by atoms with E-state index < -0.39 is 0 Å². The molecule has 2 aromatic carbocycles. The van der Waals surface area contributed by atoms with Crippen molar-refractivity contribution in [2.75, 3.05) is 25.2 Å². The highest BCUT2D eigenvalue weighted by molar-refractivity contribution is 9.09. The highest BCUT2D eigenvalue weighted by Gasteiger charge is 2.08. The minimum Gasteiger partial charge on any atom is -1.00 e. The van der Waals surface area contributed by atoms with Gasteiger partial charge in [-0.3, -0.25) is 15.0 Å². The Bertz CT molecular complexity index is 2740. The molecule has 92 heavy (non-hydrogen) atoms. The van der Waals surface area contributed by atoms with E-state index in [2.05, 4.69) is 177 Å². The summed E-state index contributed by atoms with van der Waals surface area (Å²) < 4.78 is 6.80. The van der Waals surface area contributed by atoms with Crippen molar-refractivity contribution < 1.29 is 80.0 Å². The standard InChI is InChI=1S/C28H38N2O.C21H31N2O.C11H23BrO.C10H8N2.C7H7Br.CH4.3BrH/c31-24-12-7-5-3-1-2-4-6-11-19-29-20-15-27(16-21-29)28-17-22-30(23-18-28)25-26-13-9-8-10-14-26;24-19-9-7-5-3-1-2-4-6-8-16-23-17-12-21(13-18-23)20-10-14-22-15-11-20;12-10-8-6-4-2-1-3-5-7-9-11-13;1-5-11-6-2-9(1)10-3-7-12-8-4-10;8-6-7-4-2-1-3-5-7;;;;/h8-10,13-18,20-23,31H,1-7,11-12,19,24-25H2;10-15,17-18,24H,1-9,16,19H2;13H,1-11H2;1-8H;1-5H,6H2;1H4;3*1H/q+2;+1;;;;;;;/p-3. The Labute approximate surface area is 605 Å². The fourth-order valence-corrected chi connectivity index (χ4v) is 10.8. The predicted octanol–water partition coefficient (Wildman–Crippen LogP) is 10.3. The number of hydrogen-bond acceptors (Lipinski definition) is 6. The van der Waals surface area contributed by atoms with Gasteiger partial charge in [-0.05, 0) is 114 Å². The molecule has 8 rings (SSSR count). The van der Waals surface area contributed by atoms with Gasteiger partial charge in [0.15, 0.2) is 43.7 Å². The molecule has 506 valence electrons. The Morgan fingerprint density at radius 1 is 0.272 bits per heavy atom. The summed E-state index contributed by atoms with van der Waals surface area (Å²) in [7, 11) is 0. The van der Waals surface area contributed by atoms with E-state index in [1.807, 2.05) is 67.0 Å². The minimum atomic E-state index is 0. The van der Waals surface area contributed by atoms with Crippen molar-refractivity contribution in [1.29, 1.82) is 0 Å². The van der Waals surface area contributed by atoms with Gasteiger partial charge < -0.3 is 66.3 Å². The molecular formula is C78H111Br5N6O3. The van der Waals surface area contributed by atoms with Gasteiger partial charge in [0.1, 0.15) is 13.1 Å².